The van der Waals surface area contributed by atoms with Crippen LogP contribution >= 0.6 is 11.3 Å². The van der Waals surface area contributed by atoms with Crippen LogP contribution in [0.5, 0.6) is 5.75 Å². The van der Waals surface area contributed by atoms with Crippen molar-refractivity contribution < 1.29 is 23.9 Å². The van der Waals surface area contributed by atoms with E-state index < -0.39 is 6.10 Å². The number of Topliss-reactive ketones (excluding diaryl/α,β-unsaturated/α-hetero) is 1. The van der Waals surface area contributed by atoms with Gasteiger partial charge in [0.1, 0.15) is 10.8 Å². The van der Waals surface area contributed by atoms with Crippen LogP contribution in [0.4, 0.5) is 5.00 Å². The van der Waals surface area contributed by atoms with Crippen LogP contribution in [-0.4, -0.2) is 54.9 Å². The third kappa shape index (κ3) is 4.86. The zero-order chi connectivity index (χ0) is 22.7. The summed E-state index contributed by atoms with van der Waals surface area (Å²) < 4.78 is 11.2. The van der Waals surface area contributed by atoms with Gasteiger partial charge in [-0.25, -0.2) is 0 Å². The Bertz CT molecular complexity index is 1010. The first-order valence-corrected chi connectivity index (χ1v) is 11.9. The molecule has 32 heavy (non-hydrogen) atoms. The van der Waals surface area contributed by atoms with E-state index in [2.05, 4.69) is 5.32 Å². The third-order valence-corrected chi connectivity index (χ3v) is 7.07. The molecule has 1 saturated heterocycles. The van der Waals surface area contributed by atoms with Gasteiger partial charge in [-0.3, -0.25) is 14.4 Å². The topological polar surface area (TPSA) is 84.9 Å². The van der Waals surface area contributed by atoms with Crippen molar-refractivity contribution in [2.45, 2.75) is 45.6 Å². The average molecular weight is 457 g/mol. The van der Waals surface area contributed by atoms with Crippen LogP contribution in [0.1, 0.15) is 57.8 Å². The van der Waals surface area contributed by atoms with Gasteiger partial charge < -0.3 is 19.7 Å². The number of morpholine rings is 1. The Morgan fingerprint density at radius 1 is 1.09 bits per heavy atom. The smallest absolute Gasteiger partial charge is 0.265 e. The molecule has 0 saturated carbocycles. The number of benzene rings is 1. The number of ether oxygens (including phenoxy) is 2. The number of thiophene rings is 1. The molecule has 1 aromatic carbocycles. The summed E-state index contributed by atoms with van der Waals surface area (Å²) in [5.74, 6) is 0.140. The molecular formula is C24H28N2O5S. The van der Waals surface area contributed by atoms with Crippen LogP contribution in [-0.2, 0) is 22.4 Å². The number of carbonyl (C=O) groups excluding carboxylic acids is 3. The second-order valence-corrected chi connectivity index (χ2v) is 9.25. The molecule has 1 fully saturated rings. The van der Waals surface area contributed by atoms with Crippen molar-refractivity contribution in [3.8, 4) is 5.75 Å². The molecule has 7 nitrogen and oxygen atoms in total. The largest absolute Gasteiger partial charge is 0.481 e. The number of aryl methyl sites for hydroxylation is 1. The molecule has 1 aliphatic carbocycles. The molecule has 1 aliphatic heterocycles. The van der Waals surface area contributed by atoms with Crippen molar-refractivity contribution in [2.24, 2.45) is 0 Å². The highest BCUT2D eigenvalue weighted by atomic mass is 32.1. The van der Waals surface area contributed by atoms with Gasteiger partial charge in [0.15, 0.2) is 11.9 Å². The second kappa shape index (κ2) is 9.83. The first-order chi connectivity index (χ1) is 15.4. The Morgan fingerprint density at radius 2 is 1.78 bits per heavy atom. The first kappa shape index (κ1) is 22.5. The second-order valence-electron chi connectivity index (χ2n) is 8.15. The highest BCUT2D eigenvalue weighted by molar-refractivity contribution is 7.17. The third-order valence-electron chi connectivity index (χ3n) is 5.86. The predicted molar refractivity (Wildman–Crippen MR) is 123 cm³/mol. The van der Waals surface area contributed by atoms with Crippen LogP contribution in [0.15, 0.2) is 24.3 Å². The van der Waals surface area contributed by atoms with E-state index in [0.717, 1.165) is 31.2 Å². The molecule has 1 aromatic heterocycles. The Labute approximate surface area is 191 Å². The van der Waals surface area contributed by atoms with Crippen LogP contribution in [0.3, 0.4) is 0 Å². The van der Waals surface area contributed by atoms with Crippen molar-refractivity contribution in [1.29, 1.82) is 0 Å². The Kier molecular flexibility index (Phi) is 6.91. The maximum absolute atomic E-state index is 13.3. The molecule has 4 rings (SSSR count). The zero-order valence-corrected chi connectivity index (χ0v) is 19.3. The fourth-order valence-electron chi connectivity index (χ4n) is 4.04. The van der Waals surface area contributed by atoms with Crippen LogP contribution in [0.2, 0.25) is 0 Å². The number of hydrogen-bond acceptors (Lipinski definition) is 6. The Hall–Kier alpha value is -2.71. The number of nitrogens with one attached hydrogen (secondary N) is 1. The zero-order valence-electron chi connectivity index (χ0n) is 18.4. The molecule has 1 N–H and O–H groups in total. The molecule has 2 aromatic rings. The van der Waals surface area contributed by atoms with E-state index in [4.69, 9.17) is 9.47 Å². The van der Waals surface area contributed by atoms with Gasteiger partial charge in [0.2, 0.25) is 0 Å². The van der Waals surface area contributed by atoms with Gasteiger partial charge in [-0.1, -0.05) is 0 Å². The molecule has 8 heteroatoms. The summed E-state index contributed by atoms with van der Waals surface area (Å²) >= 11 is 1.51. The fraction of sp³-hybridized carbons (Fsp3) is 0.458. The highest BCUT2D eigenvalue weighted by Crippen LogP contribution is 2.39. The van der Waals surface area contributed by atoms with Gasteiger partial charge in [0.25, 0.3) is 11.8 Å². The van der Waals surface area contributed by atoms with Crippen molar-refractivity contribution in [2.75, 3.05) is 31.6 Å². The minimum Gasteiger partial charge on any atom is -0.481 e. The lowest BCUT2D eigenvalue weighted by atomic mass is 9.95. The number of ketones is 1. The summed E-state index contributed by atoms with van der Waals surface area (Å²) in [6.07, 6.45) is 3.19. The number of hydrogen-bond donors (Lipinski definition) is 1. The molecule has 0 radical (unpaired) electrons. The summed E-state index contributed by atoms with van der Waals surface area (Å²) in [6.45, 7) is 5.37. The average Bonchev–Trinajstić information content (AvgIpc) is 3.17. The fourth-order valence-corrected chi connectivity index (χ4v) is 5.33. The van der Waals surface area contributed by atoms with Gasteiger partial charge in [-0.2, -0.15) is 0 Å². The van der Waals surface area contributed by atoms with Crippen molar-refractivity contribution >= 4 is 33.9 Å². The van der Waals surface area contributed by atoms with Crippen LogP contribution < -0.4 is 10.1 Å². The summed E-state index contributed by atoms with van der Waals surface area (Å²) in [5, 5.41) is 3.57. The molecule has 0 bridgehead atoms. The van der Waals surface area contributed by atoms with E-state index in [1.807, 2.05) is 4.90 Å². The standard InChI is InChI=1S/C24H28N2O5S/c1-15(27)17-7-9-18(10-8-17)31-16(2)22(28)25-23-21(19-5-3-4-6-20(19)32-23)24(29)26-11-13-30-14-12-26/h7-10,16H,3-6,11-14H2,1-2H3,(H,25,28)/t16-/m0/s1. The van der Waals surface area contributed by atoms with Gasteiger partial charge in [-0.15, -0.1) is 11.3 Å². The number of nitrogens with zero attached hydrogens (tertiary/aromatic N) is 1. The van der Waals surface area contributed by atoms with Gasteiger partial charge >= 0.3 is 0 Å². The highest BCUT2D eigenvalue weighted by Gasteiger charge is 2.30. The van der Waals surface area contributed by atoms with E-state index >= 15 is 0 Å². The molecule has 2 heterocycles. The Balaban J connectivity index is 1.51. The summed E-state index contributed by atoms with van der Waals surface area (Å²) in [6, 6.07) is 6.71. The minimum atomic E-state index is -0.761. The number of amides is 2. The number of anilines is 1. The summed E-state index contributed by atoms with van der Waals surface area (Å²) in [4.78, 5) is 40.7. The van der Waals surface area contributed by atoms with Crippen molar-refractivity contribution in [3.63, 3.8) is 0 Å². The van der Waals surface area contributed by atoms with E-state index in [9.17, 15) is 14.4 Å². The summed E-state index contributed by atoms with van der Waals surface area (Å²) in [7, 11) is 0. The van der Waals surface area contributed by atoms with E-state index in [1.165, 1.54) is 23.1 Å². The number of fused-ring (bicyclic) bond motifs is 1. The number of rotatable bonds is 6. The predicted octanol–water partition coefficient (Wildman–Crippen LogP) is 3.71. The molecule has 0 unspecified atom stereocenters. The minimum absolute atomic E-state index is 0.0264. The molecule has 170 valence electrons. The monoisotopic (exact) mass is 456 g/mol. The lowest BCUT2D eigenvalue weighted by Gasteiger charge is -2.28. The first-order valence-electron chi connectivity index (χ1n) is 11.0. The number of carbonyl (C=O) groups is 3. The van der Waals surface area contributed by atoms with Crippen molar-refractivity contribution in [1.82, 2.24) is 4.90 Å². The van der Waals surface area contributed by atoms with Crippen LogP contribution in [0.25, 0.3) is 0 Å². The molecule has 2 amide bonds. The maximum Gasteiger partial charge on any atom is 0.265 e. The van der Waals surface area contributed by atoms with E-state index in [1.54, 1.807) is 31.2 Å². The van der Waals surface area contributed by atoms with Gasteiger partial charge in [-0.05, 0) is 69.4 Å². The van der Waals surface area contributed by atoms with Gasteiger partial charge in [0.05, 0.1) is 18.8 Å². The normalized spacial score (nSPS) is 16.8. The SMILES string of the molecule is CC(=O)c1ccc(O[C@@H](C)C(=O)Nc2sc3c(c2C(=O)N2CCOCC2)CCCC3)cc1. The lowest BCUT2D eigenvalue weighted by Crippen LogP contribution is -2.41. The molecule has 0 spiro atoms. The van der Waals surface area contributed by atoms with Crippen LogP contribution in [0, 0.1) is 0 Å². The van der Waals surface area contributed by atoms with Crippen molar-refractivity contribution in [3.05, 3.63) is 45.8 Å². The van der Waals surface area contributed by atoms with E-state index in [-0.39, 0.29) is 17.6 Å². The molecule has 2 aliphatic rings. The molecule has 1 atom stereocenters. The van der Waals surface area contributed by atoms with E-state index in [0.29, 0.717) is 48.2 Å². The summed E-state index contributed by atoms with van der Waals surface area (Å²) in [5.41, 5.74) is 2.31. The maximum atomic E-state index is 13.3. The lowest BCUT2D eigenvalue weighted by molar-refractivity contribution is -0.122. The quantitative estimate of drug-likeness (QED) is 0.670. The van der Waals surface area contributed by atoms with Gasteiger partial charge in [0, 0.05) is 23.5 Å². The molecular weight excluding hydrogens is 428 g/mol. The Morgan fingerprint density at radius 3 is 2.47 bits per heavy atom.